The monoisotopic (exact) mass is 692 g/mol. The van der Waals surface area contributed by atoms with Gasteiger partial charge in [-0.2, -0.15) is 0 Å². The first-order chi connectivity index (χ1) is 21.0. The number of benzene rings is 4. The fourth-order valence-corrected chi connectivity index (χ4v) is 6.22. The van der Waals surface area contributed by atoms with Crippen LogP contribution < -0.4 is 25.6 Å². The van der Waals surface area contributed by atoms with E-state index in [-0.39, 0.29) is 43.1 Å². The van der Waals surface area contributed by atoms with Gasteiger partial charge in [-0.05, 0) is 74.1 Å². The summed E-state index contributed by atoms with van der Waals surface area (Å²) < 4.78 is 6.65. The van der Waals surface area contributed by atoms with Crippen molar-refractivity contribution in [2.45, 2.75) is 25.9 Å². The summed E-state index contributed by atoms with van der Waals surface area (Å²) in [5.41, 5.74) is 6.96. The number of ether oxygens (including phenoxy) is 1. The Bertz CT molecular complexity index is 1800. The second kappa shape index (κ2) is 13.4. The van der Waals surface area contributed by atoms with Crippen LogP contribution in [0.5, 0.6) is 5.75 Å². The Kier molecular flexibility index (Phi) is 10.0. The number of likely N-dealkylation sites (N-methyl/N-ethyl adjacent to an activating group) is 1. The number of nitrogens with one attached hydrogen (secondary N) is 1. The molecule has 5 rings (SSSR count). The number of hydrogen-bond donors (Lipinski definition) is 2. The molecule has 0 saturated carbocycles. The third-order valence-corrected chi connectivity index (χ3v) is 9.21. The minimum Gasteiger partial charge on any atom is -0.496 e. The number of Topliss-reactive ketones (excluding diaryl/α,β-unsaturated/α-hetero) is 1. The van der Waals surface area contributed by atoms with Crippen LogP contribution in [0.3, 0.4) is 0 Å². The van der Waals surface area contributed by atoms with Gasteiger partial charge in [-0.1, -0.05) is 52.3 Å². The number of primary amides is 1. The number of methoxy groups -OCH3 is 1. The zero-order valence-corrected chi connectivity index (χ0v) is 27.7. The lowest BCUT2D eigenvalue weighted by Crippen LogP contribution is -2.63. The third kappa shape index (κ3) is 6.05. The zero-order valence-electron chi connectivity index (χ0n) is 25.3. The zero-order chi connectivity index (χ0) is 31.8. The number of ketones is 1. The van der Waals surface area contributed by atoms with Crippen LogP contribution in [0.25, 0.3) is 10.8 Å². The largest absolute Gasteiger partial charge is 0.496 e. The molecule has 0 aromatic heterocycles. The molecule has 11 heteroatoms. The highest BCUT2D eigenvalue weighted by molar-refractivity contribution is 9.10. The molecule has 1 aliphatic heterocycles. The lowest BCUT2D eigenvalue weighted by molar-refractivity contribution is -0.133. The van der Waals surface area contributed by atoms with E-state index in [1.165, 1.54) is 11.8 Å². The van der Waals surface area contributed by atoms with Crippen molar-refractivity contribution in [3.05, 3.63) is 100 Å². The van der Waals surface area contributed by atoms with E-state index in [1.54, 1.807) is 74.5 Å². The molecule has 45 heavy (non-hydrogen) atoms. The average Bonchev–Trinajstić information content (AvgIpc) is 3.15. The number of carbonyl (C=O) groups excluding carboxylic acids is 4. The van der Waals surface area contributed by atoms with Crippen molar-refractivity contribution in [3.8, 4) is 5.75 Å². The Balaban J connectivity index is 0.00000461. The molecule has 9 nitrogen and oxygen atoms in total. The summed E-state index contributed by atoms with van der Waals surface area (Å²) in [7, 11) is 3.14. The van der Waals surface area contributed by atoms with Gasteiger partial charge in [0.2, 0.25) is 11.8 Å². The number of nitrogens with two attached hydrogens (primary N) is 1. The molecule has 0 radical (unpaired) electrons. The molecule has 1 heterocycles. The maximum atomic E-state index is 14.7. The van der Waals surface area contributed by atoms with E-state index in [1.807, 2.05) is 30.3 Å². The smallest absolute Gasteiger partial charge is 0.258 e. The van der Waals surface area contributed by atoms with Gasteiger partial charge in [-0.3, -0.25) is 19.2 Å². The van der Waals surface area contributed by atoms with E-state index >= 15 is 0 Å². The van der Waals surface area contributed by atoms with E-state index in [0.29, 0.717) is 28.3 Å². The Hall–Kier alpha value is -4.25. The van der Waals surface area contributed by atoms with Crippen molar-refractivity contribution in [1.82, 2.24) is 5.32 Å². The molecule has 0 aliphatic carbocycles. The summed E-state index contributed by atoms with van der Waals surface area (Å²) in [5, 5.41) is 4.79. The maximum absolute atomic E-state index is 14.7. The number of para-hydroxylation sites is 2. The van der Waals surface area contributed by atoms with Crippen molar-refractivity contribution < 1.29 is 23.9 Å². The first-order valence-corrected chi connectivity index (χ1v) is 14.9. The minimum atomic E-state index is -1.50. The highest BCUT2D eigenvalue weighted by Gasteiger charge is 2.49. The fourth-order valence-electron chi connectivity index (χ4n) is 5.72. The van der Waals surface area contributed by atoms with Crippen LogP contribution in [-0.4, -0.2) is 49.7 Å². The predicted octanol–water partition coefficient (Wildman–Crippen LogP) is 5.51. The van der Waals surface area contributed by atoms with Crippen LogP contribution in [0.1, 0.15) is 40.1 Å². The van der Waals surface area contributed by atoms with E-state index in [4.69, 9.17) is 10.5 Å². The van der Waals surface area contributed by atoms with Crippen LogP contribution in [0.2, 0.25) is 0 Å². The molecule has 3 amide bonds. The van der Waals surface area contributed by atoms with Crippen molar-refractivity contribution in [1.29, 1.82) is 0 Å². The first-order valence-electron chi connectivity index (χ1n) is 14.1. The lowest BCUT2D eigenvalue weighted by Gasteiger charge is -2.36. The summed E-state index contributed by atoms with van der Waals surface area (Å²) in [6, 6.07) is 23.1. The van der Waals surface area contributed by atoms with Gasteiger partial charge in [0.1, 0.15) is 11.3 Å². The number of halogens is 2. The second-order valence-electron chi connectivity index (χ2n) is 10.9. The molecule has 3 N–H and O–H groups in total. The molecule has 2 atom stereocenters. The van der Waals surface area contributed by atoms with Gasteiger partial charge in [0.05, 0.1) is 30.9 Å². The molecule has 1 unspecified atom stereocenters. The number of nitrogens with zero attached hydrogens (tertiary/aromatic N) is 2. The molecule has 0 spiro atoms. The standard InChI is InChI=1S/C34H33BrN4O5.ClH/c1-20(40)21-12-14-22(15-13-21)31(41)39-19-26(34(2,37-3)33(36)43)32(42)38(28-10-5-6-11-29(28)39)18-25-23-8-7-9-27(35)24(23)16-17-30(25)44-4;/h5-17,26,37H,18-19H2,1-4H3,(H2,36,43);1H/t26-,34?;/m1./s1. The SMILES string of the molecule is CNC(C)(C(N)=O)[C@@H]1CN(C(=O)c2ccc(C(C)=O)cc2)c2ccccc2N(Cc2c(OC)ccc3c(Br)cccc23)C1=O.Cl. The normalized spacial score (nSPS) is 15.8. The Morgan fingerprint density at radius 2 is 1.60 bits per heavy atom. The molecule has 0 saturated heterocycles. The van der Waals surface area contributed by atoms with E-state index in [2.05, 4.69) is 21.2 Å². The van der Waals surface area contributed by atoms with E-state index < -0.39 is 17.4 Å². The summed E-state index contributed by atoms with van der Waals surface area (Å²) in [5.74, 6) is -2.09. The lowest BCUT2D eigenvalue weighted by atomic mass is 9.83. The number of fused-ring (bicyclic) bond motifs is 2. The van der Waals surface area contributed by atoms with Crippen molar-refractivity contribution in [2.75, 3.05) is 30.5 Å². The molecule has 0 bridgehead atoms. The minimum absolute atomic E-state index is 0. The van der Waals surface area contributed by atoms with Gasteiger partial charge in [0.15, 0.2) is 5.78 Å². The molecule has 4 aromatic rings. The van der Waals surface area contributed by atoms with Crippen LogP contribution in [0.15, 0.2) is 83.3 Å². The number of carbonyl (C=O) groups is 4. The number of anilines is 2. The second-order valence-corrected chi connectivity index (χ2v) is 11.8. The summed E-state index contributed by atoms with van der Waals surface area (Å²) in [4.78, 5) is 56.8. The molecular weight excluding hydrogens is 660 g/mol. The van der Waals surface area contributed by atoms with Gasteiger partial charge in [0, 0.05) is 27.7 Å². The Morgan fingerprint density at radius 1 is 0.956 bits per heavy atom. The Morgan fingerprint density at radius 3 is 2.20 bits per heavy atom. The third-order valence-electron chi connectivity index (χ3n) is 8.52. The van der Waals surface area contributed by atoms with Gasteiger partial charge < -0.3 is 25.6 Å². The van der Waals surface area contributed by atoms with Crippen molar-refractivity contribution in [2.24, 2.45) is 11.7 Å². The van der Waals surface area contributed by atoms with Gasteiger partial charge in [0.25, 0.3) is 5.91 Å². The highest BCUT2D eigenvalue weighted by Crippen LogP contribution is 2.41. The van der Waals surface area contributed by atoms with Crippen LogP contribution in [0, 0.1) is 5.92 Å². The molecule has 234 valence electrons. The molecule has 4 aromatic carbocycles. The predicted molar refractivity (Wildman–Crippen MR) is 181 cm³/mol. The van der Waals surface area contributed by atoms with Gasteiger partial charge >= 0.3 is 0 Å². The topological polar surface area (TPSA) is 122 Å². The van der Waals surface area contributed by atoms with Gasteiger partial charge in [-0.15, -0.1) is 12.4 Å². The van der Waals surface area contributed by atoms with Gasteiger partial charge in [-0.25, -0.2) is 0 Å². The molecule has 0 fully saturated rings. The number of rotatable bonds is 8. The Labute approximate surface area is 276 Å². The molecule has 1 aliphatic rings. The summed E-state index contributed by atoms with van der Waals surface area (Å²) in [6.07, 6.45) is 0. The van der Waals surface area contributed by atoms with Crippen LogP contribution in [-0.2, 0) is 16.1 Å². The fraction of sp³-hybridized carbons (Fsp3) is 0.235. The number of hydrogen-bond acceptors (Lipinski definition) is 6. The summed E-state index contributed by atoms with van der Waals surface area (Å²) >= 11 is 3.63. The maximum Gasteiger partial charge on any atom is 0.258 e. The van der Waals surface area contributed by atoms with E-state index in [9.17, 15) is 19.2 Å². The van der Waals surface area contributed by atoms with E-state index in [0.717, 1.165) is 20.8 Å². The number of amides is 3. The van der Waals surface area contributed by atoms with Crippen molar-refractivity contribution in [3.63, 3.8) is 0 Å². The molecular formula is C34H34BrClN4O5. The van der Waals surface area contributed by atoms with Crippen LogP contribution in [0.4, 0.5) is 11.4 Å². The summed E-state index contributed by atoms with van der Waals surface area (Å²) in [6.45, 7) is 3.00. The van der Waals surface area contributed by atoms with Crippen LogP contribution >= 0.6 is 28.3 Å². The average molecular weight is 694 g/mol. The quantitative estimate of drug-likeness (QED) is 0.235. The van der Waals surface area contributed by atoms with Crippen molar-refractivity contribution >= 4 is 74.0 Å². The first kappa shape index (κ1) is 33.6. The highest BCUT2D eigenvalue weighted by atomic mass is 79.9.